The summed E-state index contributed by atoms with van der Waals surface area (Å²) in [5.41, 5.74) is 3.93. The van der Waals surface area contributed by atoms with Gasteiger partial charge in [0, 0.05) is 33.0 Å². The minimum Gasteiger partial charge on any atom is -0.410 e. The van der Waals surface area contributed by atoms with E-state index in [-0.39, 0.29) is 12.5 Å². The molecule has 1 aromatic rings. The van der Waals surface area contributed by atoms with Gasteiger partial charge in [0.25, 0.3) is 0 Å². The minimum atomic E-state index is -0.288. The van der Waals surface area contributed by atoms with Gasteiger partial charge in [0.1, 0.15) is 0 Å². The first-order valence-corrected chi connectivity index (χ1v) is 7.42. The third-order valence-corrected chi connectivity index (χ3v) is 3.98. The second-order valence-corrected chi connectivity index (χ2v) is 6.52. The summed E-state index contributed by atoms with van der Waals surface area (Å²) in [6.45, 7) is 9.13. The zero-order chi connectivity index (χ0) is 14.8. The smallest absolute Gasteiger partial charge is 0.410 e. The Hall–Kier alpha value is -0.995. The molecule has 110 valence electrons. The number of hydrogen-bond acceptors (Lipinski definition) is 3. The highest BCUT2D eigenvalue weighted by molar-refractivity contribution is 6.61. The molecule has 4 heteroatoms. The lowest BCUT2D eigenvalue weighted by Gasteiger charge is -2.29. The van der Waals surface area contributed by atoms with E-state index in [2.05, 4.69) is 43.9 Å². The van der Waals surface area contributed by atoms with Crippen molar-refractivity contribution in [3.8, 4) is 0 Å². The number of hydrogen-bond donors (Lipinski definition) is 0. The van der Waals surface area contributed by atoms with Crippen LogP contribution in [0.15, 0.2) is 18.2 Å². The molecule has 0 aromatic heterocycles. The van der Waals surface area contributed by atoms with E-state index in [0.717, 1.165) is 5.46 Å². The molecular weight excluding hydrogens is 249 g/mol. The number of benzene rings is 1. The second-order valence-electron chi connectivity index (χ2n) is 6.52. The molecule has 20 heavy (non-hydrogen) atoms. The lowest BCUT2D eigenvalue weighted by atomic mass is 9.74. The SMILES string of the molecule is COB(OC)c1ccc(N2CCCC2)c(C(C)(C)C)c1. The van der Waals surface area contributed by atoms with Crippen LogP contribution in [-0.2, 0) is 14.7 Å². The molecule has 1 aromatic carbocycles. The maximum absolute atomic E-state index is 5.38. The molecule has 0 saturated carbocycles. The molecule has 2 rings (SSSR count). The Bertz CT molecular complexity index is 446. The maximum atomic E-state index is 5.38. The van der Waals surface area contributed by atoms with Crippen molar-refractivity contribution in [3.63, 3.8) is 0 Å². The number of nitrogens with zero attached hydrogens (tertiary/aromatic N) is 1. The molecule has 1 fully saturated rings. The van der Waals surface area contributed by atoms with Crippen molar-refractivity contribution in [2.24, 2.45) is 0 Å². The van der Waals surface area contributed by atoms with Gasteiger partial charge >= 0.3 is 7.12 Å². The van der Waals surface area contributed by atoms with Crippen LogP contribution in [-0.4, -0.2) is 34.4 Å². The quantitative estimate of drug-likeness (QED) is 0.788. The van der Waals surface area contributed by atoms with E-state index in [1.807, 2.05) is 0 Å². The summed E-state index contributed by atoms with van der Waals surface area (Å²) >= 11 is 0. The van der Waals surface area contributed by atoms with Gasteiger partial charge in [0.15, 0.2) is 0 Å². The van der Waals surface area contributed by atoms with Crippen LogP contribution in [0.1, 0.15) is 39.2 Å². The van der Waals surface area contributed by atoms with E-state index >= 15 is 0 Å². The average Bonchev–Trinajstić information content (AvgIpc) is 2.93. The molecule has 1 saturated heterocycles. The minimum absolute atomic E-state index is 0.111. The first kappa shape index (κ1) is 15.4. The Morgan fingerprint density at radius 1 is 1.05 bits per heavy atom. The molecule has 0 aliphatic carbocycles. The van der Waals surface area contributed by atoms with E-state index in [1.54, 1.807) is 14.2 Å². The summed E-state index contributed by atoms with van der Waals surface area (Å²) in [7, 11) is 3.07. The molecule has 0 spiro atoms. The Morgan fingerprint density at radius 2 is 1.65 bits per heavy atom. The van der Waals surface area contributed by atoms with Gasteiger partial charge < -0.3 is 14.2 Å². The van der Waals surface area contributed by atoms with Crippen LogP contribution in [0.5, 0.6) is 0 Å². The average molecular weight is 275 g/mol. The van der Waals surface area contributed by atoms with Crippen molar-refractivity contribution in [1.29, 1.82) is 0 Å². The second kappa shape index (κ2) is 6.19. The molecule has 0 amide bonds. The first-order chi connectivity index (χ1) is 9.47. The summed E-state index contributed by atoms with van der Waals surface area (Å²) in [5.74, 6) is 0. The zero-order valence-corrected chi connectivity index (χ0v) is 13.4. The highest BCUT2D eigenvalue weighted by Crippen LogP contribution is 2.33. The molecule has 0 atom stereocenters. The fourth-order valence-corrected chi connectivity index (χ4v) is 2.90. The maximum Gasteiger partial charge on any atom is 0.493 e. The predicted octanol–water partition coefficient (Wildman–Crippen LogP) is 2.57. The van der Waals surface area contributed by atoms with E-state index < -0.39 is 0 Å². The molecular formula is C16H26BNO2. The van der Waals surface area contributed by atoms with Crippen LogP contribution in [0.3, 0.4) is 0 Å². The van der Waals surface area contributed by atoms with Gasteiger partial charge in [-0.25, -0.2) is 0 Å². The fraction of sp³-hybridized carbons (Fsp3) is 0.625. The summed E-state index contributed by atoms with van der Waals surface area (Å²) in [5, 5.41) is 0. The van der Waals surface area contributed by atoms with Crippen LogP contribution >= 0.6 is 0 Å². The number of rotatable bonds is 4. The molecule has 1 aliphatic rings. The zero-order valence-electron chi connectivity index (χ0n) is 13.4. The molecule has 3 nitrogen and oxygen atoms in total. The largest absolute Gasteiger partial charge is 0.493 e. The standard InChI is InChI=1S/C16H26BNO2/c1-16(2,3)14-12-13(17(19-4)20-5)8-9-15(14)18-10-6-7-11-18/h8-9,12H,6-7,10-11H2,1-5H3. The van der Waals surface area contributed by atoms with Crippen LogP contribution in [0.25, 0.3) is 0 Å². The van der Waals surface area contributed by atoms with Crippen molar-refractivity contribution >= 4 is 18.3 Å². The lowest BCUT2D eigenvalue weighted by Crippen LogP contribution is -2.36. The first-order valence-electron chi connectivity index (χ1n) is 7.42. The monoisotopic (exact) mass is 275 g/mol. The van der Waals surface area contributed by atoms with Crippen molar-refractivity contribution < 1.29 is 9.31 Å². The van der Waals surface area contributed by atoms with Gasteiger partial charge in [-0.2, -0.15) is 0 Å². The third-order valence-electron chi connectivity index (χ3n) is 3.98. The summed E-state index contributed by atoms with van der Waals surface area (Å²) in [6.07, 6.45) is 2.59. The van der Waals surface area contributed by atoms with E-state index in [4.69, 9.17) is 9.31 Å². The highest BCUT2D eigenvalue weighted by atomic mass is 16.6. The van der Waals surface area contributed by atoms with E-state index in [0.29, 0.717) is 0 Å². The molecule has 1 heterocycles. The van der Waals surface area contributed by atoms with Crippen molar-refractivity contribution in [3.05, 3.63) is 23.8 Å². The topological polar surface area (TPSA) is 21.7 Å². The van der Waals surface area contributed by atoms with Crippen LogP contribution < -0.4 is 10.4 Å². The molecule has 0 unspecified atom stereocenters. The molecule has 1 aliphatic heterocycles. The van der Waals surface area contributed by atoms with Gasteiger partial charge in [-0.3, -0.25) is 0 Å². The van der Waals surface area contributed by atoms with Gasteiger partial charge in [-0.1, -0.05) is 32.9 Å². The van der Waals surface area contributed by atoms with E-state index in [1.165, 1.54) is 37.2 Å². The van der Waals surface area contributed by atoms with Crippen molar-refractivity contribution in [2.45, 2.75) is 39.0 Å². The van der Waals surface area contributed by atoms with Gasteiger partial charge in [0.2, 0.25) is 0 Å². The van der Waals surface area contributed by atoms with Crippen molar-refractivity contribution in [1.82, 2.24) is 0 Å². The van der Waals surface area contributed by atoms with Gasteiger partial charge in [0.05, 0.1) is 0 Å². The lowest BCUT2D eigenvalue weighted by molar-refractivity contribution is 0.292. The molecule has 0 N–H and O–H groups in total. The number of anilines is 1. The highest BCUT2D eigenvalue weighted by Gasteiger charge is 2.26. The van der Waals surface area contributed by atoms with E-state index in [9.17, 15) is 0 Å². The third kappa shape index (κ3) is 3.18. The normalized spacial score (nSPS) is 15.8. The Labute approximate surface area is 123 Å². The Morgan fingerprint density at radius 3 is 2.15 bits per heavy atom. The Kier molecular flexibility index (Phi) is 4.76. The predicted molar refractivity (Wildman–Crippen MR) is 86.0 cm³/mol. The van der Waals surface area contributed by atoms with Gasteiger partial charge in [-0.15, -0.1) is 0 Å². The van der Waals surface area contributed by atoms with Crippen molar-refractivity contribution in [2.75, 3.05) is 32.2 Å². The fourth-order valence-electron chi connectivity index (χ4n) is 2.90. The molecule has 0 bridgehead atoms. The summed E-state index contributed by atoms with van der Waals surface area (Å²) in [4.78, 5) is 2.50. The summed E-state index contributed by atoms with van der Waals surface area (Å²) < 4.78 is 10.8. The van der Waals surface area contributed by atoms with Crippen LogP contribution in [0.4, 0.5) is 5.69 Å². The van der Waals surface area contributed by atoms with Crippen LogP contribution in [0.2, 0.25) is 0 Å². The Balaban J connectivity index is 2.42. The van der Waals surface area contributed by atoms with Crippen LogP contribution in [0, 0.1) is 0 Å². The molecule has 0 radical (unpaired) electrons. The summed E-state index contributed by atoms with van der Waals surface area (Å²) in [6, 6.07) is 6.60. The van der Waals surface area contributed by atoms with Gasteiger partial charge in [-0.05, 0) is 35.3 Å².